The van der Waals surface area contributed by atoms with Crippen LogP contribution in [0.1, 0.15) is 17.5 Å². The summed E-state index contributed by atoms with van der Waals surface area (Å²) >= 11 is 6.06. The molecule has 0 heterocycles. The Bertz CT molecular complexity index is 363. The van der Waals surface area contributed by atoms with Crippen molar-refractivity contribution in [2.45, 2.75) is 19.3 Å². The van der Waals surface area contributed by atoms with Crippen LogP contribution in [0.5, 0.6) is 0 Å². The van der Waals surface area contributed by atoms with Gasteiger partial charge in [-0.15, -0.1) is 0 Å². The Morgan fingerprint density at radius 2 is 2.19 bits per heavy atom. The number of carbonyl (C=O) groups is 1. The predicted molar refractivity (Wildman–Crippen MR) is 62.6 cm³/mol. The maximum atomic E-state index is 11.1. The van der Waals surface area contributed by atoms with Crippen molar-refractivity contribution in [2.75, 3.05) is 13.7 Å². The van der Waals surface area contributed by atoms with Crippen LogP contribution < -0.4 is 0 Å². The van der Waals surface area contributed by atoms with Crippen molar-refractivity contribution in [1.29, 1.82) is 0 Å². The topological polar surface area (TPSA) is 46.5 Å². The summed E-state index contributed by atoms with van der Waals surface area (Å²) in [5, 5.41) is 9.56. The van der Waals surface area contributed by atoms with Crippen LogP contribution in [0, 0.1) is 0 Å². The number of hydrogen-bond acceptors (Lipinski definition) is 3. The normalized spacial score (nSPS) is 10.2. The third kappa shape index (κ3) is 3.51. The van der Waals surface area contributed by atoms with Gasteiger partial charge in [0.15, 0.2) is 0 Å². The maximum Gasteiger partial charge on any atom is 0.305 e. The van der Waals surface area contributed by atoms with Crippen molar-refractivity contribution in [2.24, 2.45) is 0 Å². The monoisotopic (exact) mass is 242 g/mol. The van der Waals surface area contributed by atoms with Gasteiger partial charge in [0.25, 0.3) is 0 Å². The zero-order chi connectivity index (χ0) is 12.0. The summed E-state index contributed by atoms with van der Waals surface area (Å²) < 4.78 is 4.58. The maximum absolute atomic E-state index is 11.1. The minimum atomic E-state index is -0.255. The fraction of sp³-hybridized carbons (Fsp3) is 0.417. The van der Waals surface area contributed by atoms with Gasteiger partial charge in [0.05, 0.1) is 7.11 Å². The van der Waals surface area contributed by atoms with E-state index in [9.17, 15) is 4.79 Å². The molecular formula is C12H15ClO3. The van der Waals surface area contributed by atoms with E-state index >= 15 is 0 Å². The molecule has 0 aliphatic carbocycles. The second kappa shape index (κ2) is 6.51. The van der Waals surface area contributed by atoms with Crippen LogP contribution in [0.2, 0.25) is 5.02 Å². The van der Waals surface area contributed by atoms with Crippen molar-refractivity contribution >= 4 is 17.6 Å². The van der Waals surface area contributed by atoms with Crippen LogP contribution >= 0.6 is 11.6 Å². The second-order valence-electron chi connectivity index (χ2n) is 3.43. The van der Waals surface area contributed by atoms with Crippen LogP contribution in [0.4, 0.5) is 0 Å². The molecule has 0 amide bonds. The average molecular weight is 243 g/mol. The smallest absolute Gasteiger partial charge is 0.305 e. The Balaban J connectivity index is 2.79. The lowest BCUT2D eigenvalue weighted by molar-refractivity contribution is -0.140. The number of rotatable bonds is 5. The molecule has 0 unspecified atom stereocenters. The van der Waals surface area contributed by atoms with Crippen LogP contribution in [-0.4, -0.2) is 24.8 Å². The van der Waals surface area contributed by atoms with Gasteiger partial charge in [-0.1, -0.05) is 23.7 Å². The van der Waals surface area contributed by atoms with Gasteiger partial charge >= 0.3 is 5.97 Å². The Labute approximate surface area is 100.0 Å². The van der Waals surface area contributed by atoms with E-state index in [2.05, 4.69) is 4.74 Å². The standard InChI is InChI=1S/C12H15ClO3/c1-16-12(15)6-5-10-9(7-8-14)3-2-4-11(10)13/h2-4,14H,5-8H2,1H3. The highest BCUT2D eigenvalue weighted by Crippen LogP contribution is 2.22. The number of carbonyl (C=O) groups excluding carboxylic acids is 1. The van der Waals surface area contributed by atoms with E-state index in [1.54, 1.807) is 6.07 Å². The summed E-state index contributed by atoms with van der Waals surface area (Å²) in [5.74, 6) is -0.255. The van der Waals surface area contributed by atoms with E-state index in [1.165, 1.54) is 7.11 Å². The molecule has 0 saturated carbocycles. The van der Waals surface area contributed by atoms with Crippen molar-refractivity contribution in [1.82, 2.24) is 0 Å². The van der Waals surface area contributed by atoms with Crippen molar-refractivity contribution in [3.8, 4) is 0 Å². The molecule has 0 aromatic heterocycles. The highest BCUT2D eigenvalue weighted by atomic mass is 35.5. The largest absolute Gasteiger partial charge is 0.469 e. The van der Waals surface area contributed by atoms with E-state index in [-0.39, 0.29) is 12.6 Å². The number of aliphatic hydroxyl groups is 1. The molecule has 0 fully saturated rings. The quantitative estimate of drug-likeness (QED) is 0.804. The first kappa shape index (κ1) is 13.0. The number of esters is 1. The molecule has 0 spiro atoms. The Hall–Kier alpha value is -1.06. The number of aliphatic hydroxyl groups excluding tert-OH is 1. The average Bonchev–Trinajstić information content (AvgIpc) is 2.28. The number of hydrogen-bond donors (Lipinski definition) is 1. The van der Waals surface area contributed by atoms with E-state index < -0.39 is 0 Å². The fourth-order valence-electron chi connectivity index (χ4n) is 1.57. The van der Waals surface area contributed by atoms with E-state index in [0.717, 1.165) is 11.1 Å². The Kier molecular flexibility index (Phi) is 5.29. The van der Waals surface area contributed by atoms with Gasteiger partial charge in [0.2, 0.25) is 0 Å². The van der Waals surface area contributed by atoms with Crippen LogP contribution in [-0.2, 0) is 22.4 Å². The van der Waals surface area contributed by atoms with Crippen molar-refractivity contribution in [3.05, 3.63) is 34.3 Å². The van der Waals surface area contributed by atoms with Crippen LogP contribution in [0.3, 0.4) is 0 Å². The fourth-order valence-corrected chi connectivity index (χ4v) is 1.86. The molecule has 0 radical (unpaired) electrons. The van der Waals surface area contributed by atoms with Crippen molar-refractivity contribution < 1.29 is 14.6 Å². The number of benzene rings is 1. The molecule has 3 nitrogen and oxygen atoms in total. The number of methoxy groups -OCH3 is 1. The van der Waals surface area contributed by atoms with Gasteiger partial charge in [0.1, 0.15) is 0 Å². The third-order valence-electron chi connectivity index (χ3n) is 2.40. The minimum Gasteiger partial charge on any atom is -0.469 e. The van der Waals surface area contributed by atoms with E-state index in [4.69, 9.17) is 16.7 Å². The van der Waals surface area contributed by atoms with Gasteiger partial charge in [-0.05, 0) is 30.0 Å². The summed E-state index contributed by atoms with van der Waals surface area (Å²) in [6.07, 6.45) is 1.40. The summed E-state index contributed by atoms with van der Waals surface area (Å²) in [6, 6.07) is 5.54. The van der Waals surface area contributed by atoms with Crippen molar-refractivity contribution in [3.63, 3.8) is 0 Å². The highest BCUT2D eigenvalue weighted by molar-refractivity contribution is 6.31. The third-order valence-corrected chi connectivity index (χ3v) is 2.76. The number of ether oxygens (including phenoxy) is 1. The lowest BCUT2D eigenvalue weighted by atomic mass is 10.0. The Morgan fingerprint density at radius 1 is 1.44 bits per heavy atom. The molecular weight excluding hydrogens is 228 g/mol. The summed E-state index contributed by atoms with van der Waals surface area (Å²) in [6.45, 7) is 0.0750. The van der Waals surface area contributed by atoms with Gasteiger partial charge in [-0.25, -0.2) is 0 Å². The Morgan fingerprint density at radius 3 is 2.81 bits per heavy atom. The van der Waals surface area contributed by atoms with Gasteiger partial charge < -0.3 is 9.84 Å². The molecule has 88 valence electrons. The summed E-state index contributed by atoms with van der Waals surface area (Å²) in [5.41, 5.74) is 1.91. The molecule has 0 aliphatic heterocycles. The zero-order valence-corrected chi connectivity index (χ0v) is 9.96. The van der Waals surface area contributed by atoms with Crippen LogP contribution in [0.25, 0.3) is 0 Å². The van der Waals surface area contributed by atoms with E-state index in [0.29, 0.717) is 24.3 Å². The van der Waals surface area contributed by atoms with Gasteiger partial charge in [-0.3, -0.25) is 4.79 Å². The number of halogens is 1. The molecule has 1 N–H and O–H groups in total. The molecule has 1 aromatic rings. The molecule has 0 aliphatic rings. The molecule has 1 aromatic carbocycles. The summed E-state index contributed by atoms with van der Waals surface area (Å²) in [4.78, 5) is 11.1. The van der Waals surface area contributed by atoms with Gasteiger partial charge in [0, 0.05) is 18.1 Å². The lowest BCUT2D eigenvalue weighted by Gasteiger charge is -2.09. The first-order valence-corrected chi connectivity index (χ1v) is 5.50. The second-order valence-corrected chi connectivity index (χ2v) is 3.83. The summed E-state index contributed by atoms with van der Waals surface area (Å²) in [7, 11) is 1.36. The SMILES string of the molecule is COC(=O)CCc1c(Cl)cccc1CCO. The molecule has 4 heteroatoms. The molecule has 0 bridgehead atoms. The van der Waals surface area contributed by atoms with Gasteiger partial charge in [-0.2, -0.15) is 0 Å². The van der Waals surface area contributed by atoms with E-state index in [1.807, 2.05) is 12.1 Å². The molecule has 16 heavy (non-hydrogen) atoms. The van der Waals surface area contributed by atoms with Crippen LogP contribution in [0.15, 0.2) is 18.2 Å². The predicted octanol–water partition coefficient (Wildman–Crippen LogP) is 1.98. The first-order chi connectivity index (χ1) is 7.69. The minimum absolute atomic E-state index is 0.0750. The highest BCUT2D eigenvalue weighted by Gasteiger charge is 2.09. The molecule has 1 rings (SSSR count). The zero-order valence-electron chi connectivity index (χ0n) is 9.20. The lowest BCUT2D eigenvalue weighted by Crippen LogP contribution is -2.05. The molecule has 0 atom stereocenters. The molecule has 0 saturated heterocycles. The first-order valence-electron chi connectivity index (χ1n) is 5.13.